The van der Waals surface area contributed by atoms with Crippen LogP contribution in [0.3, 0.4) is 0 Å². The first-order chi connectivity index (χ1) is 11.1. The van der Waals surface area contributed by atoms with Crippen molar-refractivity contribution < 1.29 is 14.8 Å². The van der Waals surface area contributed by atoms with Gasteiger partial charge in [0, 0.05) is 48.7 Å². The fraction of sp³-hybridized carbons (Fsp3) is 0.250. The maximum Gasteiger partial charge on any atom is 0.269 e. The molecule has 0 fully saturated rings. The molecule has 2 aromatic rings. The number of carbonyl (C=O) groups excluding carboxylic acids is 1. The number of aliphatic hydroxyl groups excluding tert-OH is 1. The van der Waals surface area contributed by atoms with Crippen molar-refractivity contribution in [1.82, 2.24) is 10.3 Å². The zero-order valence-corrected chi connectivity index (χ0v) is 12.4. The van der Waals surface area contributed by atoms with E-state index in [1.807, 2.05) is 18.2 Å². The molecule has 7 heteroatoms. The predicted octanol–water partition coefficient (Wildman–Crippen LogP) is 1.57. The number of carbonyl (C=O) groups is 1. The summed E-state index contributed by atoms with van der Waals surface area (Å²) in [4.78, 5) is 26.3. The number of pyridine rings is 1. The van der Waals surface area contributed by atoms with Crippen molar-refractivity contribution in [2.24, 2.45) is 5.92 Å². The summed E-state index contributed by atoms with van der Waals surface area (Å²) in [6.45, 7) is 0.222. The molecule has 0 aliphatic carbocycles. The summed E-state index contributed by atoms with van der Waals surface area (Å²) < 4.78 is 0. The molecule has 2 N–H and O–H groups in total. The van der Waals surface area contributed by atoms with Gasteiger partial charge >= 0.3 is 0 Å². The second kappa shape index (κ2) is 8.00. The number of benzene rings is 1. The number of amides is 1. The summed E-state index contributed by atoms with van der Waals surface area (Å²) in [6.07, 6.45) is 2.23. The monoisotopic (exact) mass is 315 g/mol. The van der Waals surface area contributed by atoms with Gasteiger partial charge in [-0.15, -0.1) is 0 Å². The Hall–Kier alpha value is -2.80. The molecule has 0 aliphatic heterocycles. The first kappa shape index (κ1) is 16.6. The van der Waals surface area contributed by atoms with Crippen LogP contribution in [0.2, 0.25) is 0 Å². The standard InChI is InChI=1S/C16H17N3O4/c20-11-12(9-14-3-1-2-8-17-14)10-18-16(21)13-4-6-15(7-5-13)19(22)23/h1-8,12,20H,9-11H2,(H,18,21). The van der Waals surface area contributed by atoms with E-state index in [0.29, 0.717) is 18.5 Å². The molecule has 1 aromatic carbocycles. The van der Waals surface area contributed by atoms with Crippen LogP contribution in [0.15, 0.2) is 48.7 Å². The highest BCUT2D eigenvalue weighted by molar-refractivity contribution is 5.94. The molecular weight excluding hydrogens is 298 g/mol. The lowest BCUT2D eigenvalue weighted by molar-refractivity contribution is -0.384. The molecule has 1 amide bonds. The minimum absolute atomic E-state index is 0.0649. The van der Waals surface area contributed by atoms with Gasteiger partial charge in [-0.25, -0.2) is 0 Å². The highest BCUT2D eigenvalue weighted by Crippen LogP contribution is 2.12. The van der Waals surface area contributed by atoms with Crippen molar-refractivity contribution in [2.75, 3.05) is 13.2 Å². The Morgan fingerprint density at radius 3 is 2.57 bits per heavy atom. The van der Waals surface area contributed by atoms with Crippen molar-refractivity contribution >= 4 is 11.6 Å². The molecule has 0 saturated carbocycles. The number of nitrogens with zero attached hydrogens (tertiary/aromatic N) is 2. The first-order valence-electron chi connectivity index (χ1n) is 7.13. The van der Waals surface area contributed by atoms with Gasteiger partial charge in [-0.05, 0) is 30.7 Å². The number of nitro groups is 1. The summed E-state index contributed by atoms with van der Waals surface area (Å²) in [7, 11) is 0. The third-order valence-electron chi connectivity index (χ3n) is 3.37. The second-order valence-corrected chi connectivity index (χ2v) is 5.09. The second-order valence-electron chi connectivity index (χ2n) is 5.09. The lowest BCUT2D eigenvalue weighted by Gasteiger charge is -2.14. The van der Waals surface area contributed by atoms with Gasteiger partial charge in [0.2, 0.25) is 0 Å². The van der Waals surface area contributed by atoms with Crippen molar-refractivity contribution in [3.05, 3.63) is 70.0 Å². The molecule has 0 bridgehead atoms. The van der Waals surface area contributed by atoms with E-state index in [9.17, 15) is 20.0 Å². The number of nitro benzene ring substituents is 1. The molecule has 0 radical (unpaired) electrons. The quantitative estimate of drug-likeness (QED) is 0.596. The average Bonchev–Trinajstić information content (AvgIpc) is 2.59. The Bertz CT molecular complexity index is 659. The minimum atomic E-state index is -0.518. The van der Waals surface area contributed by atoms with Gasteiger partial charge in [0.15, 0.2) is 0 Å². The zero-order chi connectivity index (χ0) is 16.7. The number of rotatable bonds is 7. The summed E-state index contributed by atoms with van der Waals surface area (Å²) in [5.74, 6) is -0.480. The molecule has 0 aliphatic rings. The molecular formula is C16H17N3O4. The fourth-order valence-electron chi connectivity index (χ4n) is 2.09. The summed E-state index contributed by atoms with van der Waals surface area (Å²) in [5.41, 5.74) is 1.12. The van der Waals surface area contributed by atoms with Gasteiger partial charge in [-0.3, -0.25) is 19.9 Å². The maximum absolute atomic E-state index is 12.0. The maximum atomic E-state index is 12.0. The molecule has 7 nitrogen and oxygen atoms in total. The van der Waals surface area contributed by atoms with Crippen LogP contribution in [0.1, 0.15) is 16.1 Å². The predicted molar refractivity (Wildman–Crippen MR) is 83.9 cm³/mol. The third-order valence-corrected chi connectivity index (χ3v) is 3.37. The van der Waals surface area contributed by atoms with Gasteiger partial charge in [0.25, 0.3) is 11.6 Å². The van der Waals surface area contributed by atoms with Gasteiger partial charge < -0.3 is 10.4 Å². The summed E-state index contributed by atoms with van der Waals surface area (Å²) in [5, 5.41) is 22.7. The smallest absolute Gasteiger partial charge is 0.269 e. The average molecular weight is 315 g/mol. The van der Waals surface area contributed by atoms with E-state index < -0.39 is 4.92 Å². The molecule has 120 valence electrons. The van der Waals surface area contributed by atoms with E-state index in [1.165, 1.54) is 24.3 Å². The number of aromatic nitrogens is 1. The van der Waals surface area contributed by atoms with E-state index >= 15 is 0 Å². The van der Waals surface area contributed by atoms with E-state index in [4.69, 9.17) is 0 Å². The Morgan fingerprint density at radius 2 is 2.00 bits per heavy atom. The van der Waals surface area contributed by atoms with Crippen molar-refractivity contribution in [3.63, 3.8) is 0 Å². The first-order valence-corrected chi connectivity index (χ1v) is 7.13. The molecule has 0 saturated heterocycles. The van der Waals surface area contributed by atoms with Crippen LogP contribution in [0, 0.1) is 16.0 Å². The van der Waals surface area contributed by atoms with Crippen molar-refractivity contribution in [3.8, 4) is 0 Å². The Kier molecular flexibility index (Phi) is 5.76. The SMILES string of the molecule is O=C(NCC(CO)Cc1ccccn1)c1ccc([N+](=O)[O-])cc1. The molecule has 1 heterocycles. The van der Waals surface area contributed by atoms with E-state index in [0.717, 1.165) is 5.69 Å². The van der Waals surface area contributed by atoms with Crippen LogP contribution in [-0.2, 0) is 6.42 Å². The van der Waals surface area contributed by atoms with Gasteiger partial charge in [0.1, 0.15) is 0 Å². The van der Waals surface area contributed by atoms with Gasteiger partial charge in [0.05, 0.1) is 4.92 Å². The summed E-state index contributed by atoms with van der Waals surface area (Å²) in [6, 6.07) is 10.9. The Morgan fingerprint density at radius 1 is 1.26 bits per heavy atom. The highest BCUT2D eigenvalue weighted by Gasteiger charge is 2.13. The molecule has 0 spiro atoms. The van der Waals surface area contributed by atoms with Gasteiger partial charge in [-0.1, -0.05) is 6.07 Å². The minimum Gasteiger partial charge on any atom is -0.396 e. The van der Waals surface area contributed by atoms with Gasteiger partial charge in [-0.2, -0.15) is 0 Å². The van der Waals surface area contributed by atoms with Crippen LogP contribution < -0.4 is 5.32 Å². The van der Waals surface area contributed by atoms with E-state index in [-0.39, 0.29) is 24.1 Å². The molecule has 1 unspecified atom stereocenters. The number of hydrogen-bond donors (Lipinski definition) is 2. The van der Waals surface area contributed by atoms with Crippen LogP contribution >= 0.6 is 0 Å². The lowest BCUT2D eigenvalue weighted by atomic mass is 10.0. The topological polar surface area (TPSA) is 105 Å². The molecule has 1 aromatic heterocycles. The Balaban J connectivity index is 1.90. The van der Waals surface area contributed by atoms with E-state index in [2.05, 4.69) is 10.3 Å². The van der Waals surface area contributed by atoms with Crippen LogP contribution in [0.25, 0.3) is 0 Å². The number of nitrogens with one attached hydrogen (secondary N) is 1. The molecule has 2 rings (SSSR count). The normalized spacial score (nSPS) is 11.7. The van der Waals surface area contributed by atoms with Crippen molar-refractivity contribution in [2.45, 2.75) is 6.42 Å². The molecule has 1 atom stereocenters. The lowest BCUT2D eigenvalue weighted by Crippen LogP contribution is -2.32. The number of aliphatic hydroxyl groups is 1. The van der Waals surface area contributed by atoms with Crippen LogP contribution in [-0.4, -0.2) is 34.1 Å². The third kappa shape index (κ3) is 4.86. The largest absolute Gasteiger partial charge is 0.396 e. The number of non-ortho nitro benzene ring substituents is 1. The van der Waals surface area contributed by atoms with Crippen molar-refractivity contribution in [1.29, 1.82) is 0 Å². The Labute approximate surface area is 133 Å². The van der Waals surface area contributed by atoms with Crippen LogP contribution in [0.4, 0.5) is 5.69 Å². The molecule has 23 heavy (non-hydrogen) atoms. The highest BCUT2D eigenvalue weighted by atomic mass is 16.6. The number of hydrogen-bond acceptors (Lipinski definition) is 5. The zero-order valence-electron chi connectivity index (χ0n) is 12.4. The van der Waals surface area contributed by atoms with Crippen LogP contribution in [0.5, 0.6) is 0 Å². The van der Waals surface area contributed by atoms with E-state index in [1.54, 1.807) is 6.20 Å². The fourth-order valence-corrected chi connectivity index (χ4v) is 2.09. The summed E-state index contributed by atoms with van der Waals surface area (Å²) >= 11 is 0.